The van der Waals surface area contributed by atoms with Crippen molar-refractivity contribution in [1.29, 1.82) is 0 Å². The molecule has 2 fully saturated rings. The van der Waals surface area contributed by atoms with Gasteiger partial charge in [-0.15, -0.1) is 0 Å². The molecule has 2 aliphatic heterocycles. The highest BCUT2D eigenvalue weighted by Gasteiger charge is 2.50. The Bertz CT molecular complexity index is 799. The second-order valence-electron chi connectivity index (χ2n) is 13.6. The molecule has 220 valence electrons. The molecule has 2 rings (SSSR count). The Kier molecular flexibility index (Phi) is 11.5. The third kappa shape index (κ3) is 7.01. The first-order chi connectivity index (χ1) is 17.5. The summed E-state index contributed by atoms with van der Waals surface area (Å²) in [6.45, 7) is 29.6. The van der Waals surface area contributed by atoms with Gasteiger partial charge in [0.2, 0.25) is 8.32 Å². The average molecular weight is 553 g/mol. The minimum Gasteiger partial charge on any atom is -0.457 e. The van der Waals surface area contributed by atoms with Gasteiger partial charge in [-0.1, -0.05) is 88.5 Å². The third-order valence-electron chi connectivity index (χ3n) is 9.57. The van der Waals surface area contributed by atoms with Crippen LogP contribution in [0, 0.1) is 17.3 Å². The summed E-state index contributed by atoms with van der Waals surface area (Å²) in [6, 6.07) is 0. The number of hydrogen-bond donors (Lipinski definition) is 2. The maximum Gasteiger partial charge on any atom is 0.309 e. The van der Waals surface area contributed by atoms with Crippen LogP contribution in [0.2, 0.25) is 16.6 Å². The molecule has 2 aliphatic rings. The Hall–Kier alpha value is -0.993. The average Bonchev–Trinajstić information content (AvgIpc) is 2.81. The minimum atomic E-state index is -2.18. The van der Waals surface area contributed by atoms with Crippen LogP contribution in [-0.2, 0) is 18.7 Å². The van der Waals surface area contributed by atoms with E-state index >= 15 is 0 Å². The van der Waals surface area contributed by atoms with Crippen LogP contribution in [0.25, 0.3) is 0 Å². The molecule has 38 heavy (non-hydrogen) atoms. The molecule has 2 saturated heterocycles. The summed E-state index contributed by atoms with van der Waals surface area (Å²) in [5, 5.41) is 22.2. The van der Waals surface area contributed by atoms with Crippen molar-refractivity contribution >= 4 is 14.3 Å². The molecule has 2 bridgehead atoms. The number of aliphatic hydroxyl groups excluding tert-OH is 2. The van der Waals surface area contributed by atoms with Gasteiger partial charge >= 0.3 is 5.97 Å². The van der Waals surface area contributed by atoms with Crippen molar-refractivity contribution < 1.29 is 28.9 Å². The summed E-state index contributed by atoms with van der Waals surface area (Å²) in [5.74, 6) is -0.600. The molecule has 2 heterocycles. The largest absolute Gasteiger partial charge is 0.457 e. The normalized spacial score (nSPS) is 35.8. The highest BCUT2D eigenvalue weighted by Crippen LogP contribution is 2.46. The smallest absolute Gasteiger partial charge is 0.309 e. The van der Waals surface area contributed by atoms with E-state index in [4.69, 9.17) is 13.9 Å². The summed E-state index contributed by atoms with van der Waals surface area (Å²) in [5.41, 5.74) is 1.24. The van der Waals surface area contributed by atoms with E-state index in [-0.39, 0.29) is 42.5 Å². The van der Waals surface area contributed by atoms with Gasteiger partial charge in [0.1, 0.15) is 6.10 Å². The van der Waals surface area contributed by atoms with Crippen molar-refractivity contribution in [2.75, 3.05) is 0 Å². The molecule has 2 N–H and O–H groups in total. The summed E-state index contributed by atoms with van der Waals surface area (Å²) in [7, 11) is -2.18. The van der Waals surface area contributed by atoms with Gasteiger partial charge in [0.25, 0.3) is 0 Å². The lowest BCUT2D eigenvalue weighted by molar-refractivity contribution is -0.170. The maximum absolute atomic E-state index is 13.2. The van der Waals surface area contributed by atoms with E-state index in [1.165, 1.54) is 0 Å². The van der Waals surface area contributed by atoms with E-state index < -0.39 is 32.0 Å². The van der Waals surface area contributed by atoms with Gasteiger partial charge < -0.3 is 24.1 Å². The fourth-order valence-electron chi connectivity index (χ4n) is 6.98. The first-order valence-electron chi connectivity index (χ1n) is 14.7. The lowest BCUT2D eigenvalue weighted by atomic mass is 9.75. The van der Waals surface area contributed by atoms with Crippen molar-refractivity contribution in [3.05, 3.63) is 24.8 Å². The van der Waals surface area contributed by atoms with Gasteiger partial charge in [0.05, 0.1) is 36.9 Å². The first-order valence-corrected chi connectivity index (χ1v) is 16.8. The molecular weight excluding hydrogens is 496 g/mol. The predicted molar refractivity (Wildman–Crippen MR) is 156 cm³/mol. The zero-order chi connectivity index (χ0) is 29.2. The van der Waals surface area contributed by atoms with E-state index in [1.54, 1.807) is 6.08 Å². The number of carbonyl (C=O) groups excluding carboxylic acids is 1. The maximum atomic E-state index is 13.2. The zero-order valence-electron chi connectivity index (χ0n) is 25.7. The van der Waals surface area contributed by atoms with Crippen LogP contribution in [0.15, 0.2) is 24.8 Å². The number of hydrogen-bond acceptors (Lipinski definition) is 6. The number of cyclic esters (lactones) is 1. The number of aliphatic hydroxyl groups is 2. The highest BCUT2D eigenvalue weighted by molar-refractivity contribution is 6.77. The molecular formula is C31H56O6Si. The van der Waals surface area contributed by atoms with Crippen LogP contribution in [0.1, 0.15) is 94.9 Å². The van der Waals surface area contributed by atoms with Gasteiger partial charge in [-0.25, -0.2) is 0 Å². The minimum absolute atomic E-state index is 0.00674. The second-order valence-corrected chi connectivity index (χ2v) is 19.0. The first kappa shape index (κ1) is 33.2. The van der Waals surface area contributed by atoms with Crippen molar-refractivity contribution in [2.45, 2.75) is 148 Å². The van der Waals surface area contributed by atoms with Crippen molar-refractivity contribution in [3.63, 3.8) is 0 Å². The SMILES string of the molecule is C=C[C@H]1OC(=O)C[C@@H]2O[C@H](CC(=C)[C@@H](O)[C@H](C)C[C@@H](O)C1(C)C)C[C@H](O[Si](C(C)C)(C(C)C)C(C)C)[C@H]2C. The fraction of sp³-hybridized carbons (Fsp3) is 0.839. The molecule has 0 unspecified atom stereocenters. The lowest BCUT2D eigenvalue weighted by Gasteiger charge is -2.49. The molecule has 0 radical (unpaired) electrons. The molecule has 8 atom stereocenters. The fourth-order valence-corrected chi connectivity index (χ4v) is 12.6. The highest BCUT2D eigenvalue weighted by atomic mass is 28.4. The monoisotopic (exact) mass is 552 g/mol. The molecule has 0 aromatic rings. The van der Waals surface area contributed by atoms with E-state index in [0.717, 1.165) is 0 Å². The zero-order valence-corrected chi connectivity index (χ0v) is 26.7. The Labute approximate surface area is 233 Å². The van der Waals surface area contributed by atoms with Gasteiger partial charge in [-0.2, -0.15) is 0 Å². The molecule has 6 nitrogen and oxygen atoms in total. The van der Waals surface area contributed by atoms with E-state index in [2.05, 4.69) is 61.6 Å². The van der Waals surface area contributed by atoms with Gasteiger partial charge in [0, 0.05) is 11.3 Å². The molecule has 0 amide bonds. The van der Waals surface area contributed by atoms with Crippen LogP contribution < -0.4 is 0 Å². The number of esters is 1. The summed E-state index contributed by atoms with van der Waals surface area (Å²) >= 11 is 0. The van der Waals surface area contributed by atoms with Crippen LogP contribution >= 0.6 is 0 Å². The standard InChI is InChI=1S/C31H56O6Si/c1-13-28-31(11,12)27(32)15-22(9)30(34)21(8)14-24-16-26(23(10)25(35-24)17-29(33)36-28)37-38(18(2)3,19(4)5)20(6)7/h13,18-20,22-28,30,32,34H,1,8,14-17H2,2-7,9-12H3/t22-,23+,24-,25+,26+,27-,28-,30-/m1/s1. The molecule has 0 aliphatic carbocycles. The molecule has 0 aromatic heterocycles. The van der Waals surface area contributed by atoms with Crippen LogP contribution in [-0.4, -0.2) is 61.1 Å². The molecule has 7 heteroatoms. The quantitative estimate of drug-likeness (QED) is 0.220. The summed E-state index contributed by atoms with van der Waals surface area (Å²) < 4.78 is 19.7. The van der Waals surface area contributed by atoms with E-state index in [1.807, 2.05) is 20.8 Å². The van der Waals surface area contributed by atoms with E-state index in [9.17, 15) is 15.0 Å². The van der Waals surface area contributed by atoms with Crippen molar-refractivity contribution in [2.24, 2.45) is 17.3 Å². The Morgan fingerprint density at radius 3 is 2.08 bits per heavy atom. The predicted octanol–water partition coefficient (Wildman–Crippen LogP) is 6.56. The molecule has 0 saturated carbocycles. The number of ether oxygens (including phenoxy) is 2. The molecule has 0 aromatic carbocycles. The third-order valence-corrected chi connectivity index (χ3v) is 15.7. The van der Waals surface area contributed by atoms with Crippen LogP contribution in [0.4, 0.5) is 0 Å². The Balaban J connectivity index is 2.47. The van der Waals surface area contributed by atoms with Gasteiger partial charge in [-0.3, -0.25) is 4.79 Å². The summed E-state index contributed by atoms with van der Waals surface area (Å²) in [6.07, 6.45) is 0.290. The lowest BCUT2D eigenvalue weighted by Crippen LogP contribution is -2.55. The van der Waals surface area contributed by atoms with Gasteiger partial charge in [-0.05, 0) is 47.4 Å². The number of rotatable bonds is 6. The molecule has 0 spiro atoms. The number of fused-ring (bicyclic) bond motifs is 2. The Morgan fingerprint density at radius 1 is 1.03 bits per heavy atom. The van der Waals surface area contributed by atoms with Gasteiger partial charge in [0.15, 0.2) is 0 Å². The van der Waals surface area contributed by atoms with Crippen molar-refractivity contribution in [1.82, 2.24) is 0 Å². The topological polar surface area (TPSA) is 85.2 Å². The Morgan fingerprint density at radius 2 is 1.58 bits per heavy atom. The van der Waals surface area contributed by atoms with Crippen LogP contribution in [0.3, 0.4) is 0 Å². The van der Waals surface area contributed by atoms with E-state index in [0.29, 0.717) is 41.5 Å². The summed E-state index contributed by atoms with van der Waals surface area (Å²) in [4.78, 5) is 13.2. The second kappa shape index (κ2) is 13.1. The van der Waals surface area contributed by atoms with Crippen molar-refractivity contribution in [3.8, 4) is 0 Å². The number of carbonyl (C=O) groups is 1. The van der Waals surface area contributed by atoms with Crippen LogP contribution in [0.5, 0.6) is 0 Å².